The maximum absolute atomic E-state index is 14.1. The molecule has 0 aliphatic rings. The third-order valence-electron chi connectivity index (χ3n) is 3.20. The standard InChI is InChI=1S/C15H19FO4/c1-10(12(17)8-5-9-13(18)19)15(20)14(16)11-6-3-2-4-7-11/h2-7,9-10,12,14-15,17,20H,8H2,1H3,(H,18,19). The number of hydrogen-bond donors (Lipinski definition) is 3. The van der Waals surface area contributed by atoms with Crippen molar-refractivity contribution in [2.45, 2.75) is 31.7 Å². The molecule has 0 aromatic heterocycles. The van der Waals surface area contributed by atoms with Gasteiger partial charge in [0.2, 0.25) is 0 Å². The van der Waals surface area contributed by atoms with E-state index in [1.54, 1.807) is 30.3 Å². The summed E-state index contributed by atoms with van der Waals surface area (Å²) in [6, 6.07) is 8.23. The molecule has 4 atom stereocenters. The lowest BCUT2D eigenvalue weighted by Crippen LogP contribution is -2.32. The number of benzene rings is 1. The Bertz CT molecular complexity index is 446. The van der Waals surface area contributed by atoms with Gasteiger partial charge in [0.15, 0.2) is 6.17 Å². The highest BCUT2D eigenvalue weighted by Crippen LogP contribution is 2.28. The van der Waals surface area contributed by atoms with Crippen molar-refractivity contribution in [3.05, 3.63) is 48.0 Å². The predicted octanol–water partition coefficient (Wildman–Crippen LogP) is 2.09. The maximum Gasteiger partial charge on any atom is 0.327 e. The van der Waals surface area contributed by atoms with Crippen LogP contribution in [0.3, 0.4) is 0 Å². The van der Waals surface area contributed by atoms with Gasteiger partial charge in [-0.25, -0.2) is 9.18 Å². The monoisotopic (exact) mass is 282 g/mol. The van der Waals surface area contributed by atoms with Gasteiger partial charge in [0, 0.05) is 12.0 Å². The number of carbonyl (C=O) groups is 1. The van der Waals surface area contributed by atoms with Crippen LogP contribution in [-0.4, -0.2) is 33.5 Å². The summed E-state index contributed by atoms with van der Waals surface area (Å²) in [7, 11) is 0. The van der Waals surface area contributed by atoms with E-state index in [0.717, 1.165) is 6.08 Å². The van der Waals surface area contributed by atoms with Crippen molar-refractivity contribution < 1.29 is 24.5 Å². The van der Waals surface area contributed by atoms with Gasteiger partial charge >= 0.3 is 5.97 Å². The zero-order valence-corrected chi connectivity index (χ0v) is 11.2. The number of hydrogen-bond acceptors (Lipinski definition) is 3. The quantitative estimate of drug-likeness (QED) is 0.669. The Labute approximate surface area is 117 Å². The van der Waals surface area contributed by atoms with Crippen molar-refractivity contribution in [2.24, 2.45) is 5.92 Å². The Morgan fingerprint density at radius 1 is 1.30 bits per heavy atom. The Morgan fingerprint density at radius 3 is 2.45 bits per heavy atom. The molecule has 0 radical (unpaired) electrons. The van der Waals surface area contributed by atoms with E-state index in [2.05, 4.69) is 0 Å². The van der Waals surface area contributed by atoms with E-state index in [4.69, 9.17) is 5.11 Å². The van der Waals surface area contributed by atoms with Gasteiger partial charge in [-0.3, -0.25) is 0 Å². The fourth-order valence-electron chi connectivity index (χ4n) is 1.85. The number of aliphatic hydroxyl groups is 2. The second kappa shape index (κ2) is 7.77. The zero-order valence-electron chi connectivity index (χ0n) is 11.2. The van der Waals surface area contributed by atoms with Gasteiger partial charge in [-0.1, -0.05) is 43.3 Å². The number of aliphatic hydroxyl groups excluding tert-OH is 2. The molecule has 20 heavy (non-hydrogen) atoms. The average Bonchev–Trinajstić information content (AvgIpc) is 2.45. The molecule has 0 spiro atoms. The molecule has 1 rings (SSSR count). The second-order valence-electron chi connectivity index (χ2n) is 4.71. The smallest absolute Gasteiger partial charge is 0.327 e. The highest BCUT2D eigenvalue weighted by Gasteiger charge is 2.30. The molecule has 0 amide bonds. The largest absolute Gasteiger partial charge is 0.478 e. The molecular formula is C15H19FO4. The third kappa shape index (κ3) is 4.75. The fraction of sp³-hybridized carbons (Fsp3) is 0.400. The van der Waals surface area contributed by atoms with Crippen LogP contribution in [0.4, 0.5) is 4.39 Å². The molecule has 0 bridgehead atoms. The van der Waals surface area contributed by atoms with Crippen molar-refractivity contribution in [1.29, 1.82) is 0 Å². The Kier molecular flexibility index (Phi) is 6.35. The molecule has 0 fully saturated rings. The van der Waals surface area contributed by atoms with Gasteiger partial charge < -0.3 is 15.3 Å². The number of carboxylic acids is 1. The van der Waals surface area contributed by atoms with Crippen LogP contribution in [0, 0.1) is 5.92 Å². The predicted molar refractivity (Wildman–Crippen MR) is 72.9 cm³/mol. The summed E-state index contributed by atoms with van der Waals surface area (Å²) in [5.41, 5.74) is 0.347. The van der Waals surface area contributed by atoms with E-state index in [0.29, 0.717) is 5.56 Å². The number of halogens is 1. The van der Waals surface area contributed by atoms with Crippen LogP contribution in [0.25, 0.3) is 0 Å². The number of rotatable bonds is 7. The Morgan fingerprint density at radius 2 is 1.90 bits per heavy atom. The minimum absolute atomic E-state index is 0.0477. The number of alkyl halides is 1. The van der Waals surface area contributed by atoms with E-state index in [1.807, 2.05) is 0 Å². The summed E-state index contributed by atoms with van der Waals surface area (Å²) < 4.78 is 14.1. The van der Waals surface area contributed by atoms with Crippen LogP contribution in [0.15, 0.2) is 42.5 Å². The van der Waals surface area contributed by atoms with Crippen LogP contribution in [0.2, 0.25) is 0 Å². The lowest BCUT2D eigenvalue weighted by molar-refractivity contribution is -0.131. The molecule has 1 aromatic rings. The SMILES string of the molecule is CC(C(O)CC=CC(=O)O)C(O)C(F)c1ccccc1. The summed E-state index contributed by atoms with van der Waals surface area (Å²) in [5, 5.41) is 28.2. The molecule has 110 valence electrons. The van der Waals surface area contributed by atoms with Gasteiger partial charge in [-0.15, -0.1) is 0 Å². The molecule has 0 aliphatic carbocycles. The topological polar surface area (TPSA) is 77.8 Å². The molecule has 4 nitrogen and oxygen atoms in total. The van der Waals surface area contributed by atoms with Crippen molar-refractivity contribution in [3.8, 4) is 0 Å². The minimum atomic E-state index is -1.59. The molecule has 4 unspecified atom stereocenters. The van der Waals surface area contributed by atoms with E-state index < -0.39 is 30.3 Å². The van der Waals surface area contributed by atoms with E-state index in [9.17, 15) is 19.4 Å². The van der Waals surface area contributed by atoms with Crippen molar-refractivity contribution in [1.82, 2.24) is 0 Å². The van der Waals surface area contributed by atoms with E-state index in [1.165, 1.54) is 13.0 Å². The van der Waals surface area contributed by atoms with Crippen molar-refractivity contribution in [3.63, 3.8) is 0 Å². The summed E-state index contributed by atoms with van der Waals surface area (Å²) in [6.45, 7) is 1.53. The van der Waals surface area contributed by atoms with Crippen LogP contribution in [0.1, 0.15) is 25.1 Å². The van der Waals surface area contributed by atoms with Gasteiger partial charge in [-0.2, -0.15) is 0 Å². The van der Waals surface area contributed by atoms with Gasteiger partial charge in [0.05, 0.1) is 12.2 Å². The Balaban J connectivity index is 2.61. The van der Waals surface area contributed by atoms with Crippen LogP contribution >= 0.6 is 0 Å². The second-order valence-corrected chi connectivity index (χ2v) is 4.71. The van der Waals surface area contributed by atoms with Crippen LogP contribution < -0.4 is 0 Å². The lowest BCUT2D eigenvalue weighted by Gasteiger charge is -2.26. The van der Waals surface area contributed by atoms with Gasteiger partial charge in [0.25, 0.3) is 0 Å². The van der Waals surface area contributed by atoms with Crippen molar-refractivity contribution >= 4 is 5.97 Å². The first-order valence-electron chi connectivity index (χ1n) is 6.38. The minimum Gasteiger partial charge on any atom is -0.478 e. The molecule has 0 saturated heterocycles. The van der Waals surface area contributed by atoms with Crippen LogP contribution in [0.5, 0.6) is 0 Å². The molecule has 0 heterocycles. The Hall–Kier alpha value is -1.72. The molecular weight excluding hydrogens is 263 g/mol. The summed E-state index contributed by atoms with van der Waals surface area (Å²) in [4.78, 5) is 10.3. The summed E-state index contributed by atoms with van der Waals surface area (Å²) in [6.07, 6.45) is -1.72. The molecule has 3 N–H and O–H groups in total. The third-order valence-corrected chi connectivity index (χ3v) is 3.20. The first-order valence-corrected chi connectivity index (χ1v) is 6.38. The zero-order chi connectivity index (χ0) is 15.1. The van der Waals surface area contributed by atoms with Crippen LogP contribution in [-0.2, 0) is 4.79 Å². The van der Waals surface area contributed by atoms with Gasteiger partial charge in [-0.05, 0) is 12.0 Å². The highest BCUT2D eigenvalue weighted by atomic mass is 19.1. The summed E-state index contributed by atoms with van der Waals surface area (Å²) >= 11 is 0. The first kappa shape index (κ1) is 16.3. The van der Waals surface area contributed by atoms with E-state index >= 15 is 0 Å². The van der Waals surface area contributed by atoms with E-state index in [-0.39, 0.29) is 6.42 Å². The van der Waals surface area contributed by atoms with Crippen molar-refractivity contribution in [2.75, 3.05) is 0 Å². The normalized spacial score (nSPS) is 17.6. The molecule has 5 heteroatoms. The number of carboxylic acid groups (broad SMARTS) is 1. The molecule has 1 aromatic carbocycles. The lowest BCUT2D eigenvalue weighted by atomic mass is 9.90. The first-order chi connectivity index (χ1) is 9.43. The highest BCUT2D eigenvalue weighted by molar-refractivity contribution is 5.79. The maximum atomic E-state index is 14.1. The average molecular weight is 282 g/mol. The number of aliphatic carboxylic acids is 1. The fourth-order valence-corrected chi connectivity index (χ4v) is 1.85. The van der Waals surface area contributed by atoms with Gasteiger partial charge in [0.1, 0.15) is 0 Å². The molecule has 0 saturated carbocycles. The summed E-state index contributed by atoms with van der Waals surface area (Å²) in [5.74, 6) is -1.83. The molecule has 0 aliphatic heterocycles.